The highest BCUT2D eigenvalue weighted by Gasteiger charge is 2.08. The van der Waals surface area contributed by atoms with Crippen LogP contribution in [0, 0.1) is 11.6 Å². The van der Waals surface area contributed by atoms with E-state index >= 15 is 0 Å². The quantitative estimate of drug-likeness (QED) is 0.873. The van der Waals surface area contributed by atoms with Gasteiger partial charge < -0.3 is 10.5 Å². The number of rotatable bonds is 4. The summed E-state index contributed by atoms with van der Waals surface area (Å²) in [5.41, 5.74) is 6.18. The summed E-state index contributed by atoms with van der Waals surface area (Å²) >= 11 is 4.74. The zero-order valence-electron chi connectivity index (χ0n) is 9.90. The summed E-state index contributed by atoms with van der Waals surface area (Å²) in [6.07, 6.45) is 0. The average Bonchev–Trinajstić information content (AvgIpc) is 2.39. The first-order chi connectivity index (χ1) is 9.08. The highest BCUT2D eigenvalue weighted by Crippen LogP contribution is 2.20. The number of hydrogen-bond acceptors (Lipinski definition) is 2. The molecule has 0 aliphatic heterocycles. The first-order valence-electron chi connectivity index (χ1n) is 5.53. The van der Waals surface area contributed by atoms with Crippen molar-refractivity contribution in [3.05, 3.63) is 65.2 Å². The Bertz CT molecular complexity index is 616. The lowest BCUT2D eigenvalue weighted by Crippen LogP contribution is -2.10. The first-order valence-corrected chi connectivity index (χ1v) is 5.94. The Balaban J connectivity index is 2.12. The van der Waals surface area contributed by atoms with Gasteiger partial charge in [-0.2, -0.15) is 0 Å². The van der Waals surface area contributed by atoms with Crippen molar-refractivity contribution in [2.45, 2.75) is 6.61 Å². The largest absolute Gasteiger partial charge is 0.486 e. The molecule has 0 aromatic heterocycles. The van der Waals surface area contributed by atoms with Crippen LogP contribution in [0.5, 0.6) is 5.75 Å². The van der Waals surface area contributed by atoms with Crippen LogP contribution in [0.1, 0.15) is 11.1 Å². The van der Waals surface area contributed by atoms with Crippen LogP contribution >= 0.6 is 12.2 Å². The third kappa shape index (κ3) is 3.26. The van der Waals surface area contributed by atoms with E-state index in [0.717, 1.165) is 0 Å². The fourth-order valence-electron chi connectivity index (χ4n) is 1.54. The Morgan fingerprint density at radius 3 is 2.47 bits per heavy atom. The molecule has 0 spiro atoms. The molecule has 2 aromatic rings. The molecule has 0 unspecified atom stereocenters. The van der Waals surface area contributed by atoms with Crippen molar-refractivity contribution in [3.8, 4) is 5.75 Å². The molecule has 19 heavy (non-hydrogen) atoms. The summed E-state index contributed by atoms with van der Waals surface area (Å²) < 4.78 is 32.3. The van der Waals surface area contributed by atoms with Gasteiger partial charge in [0, 0.05) is 11.1 Å². The van der Waals surface area contributed by atoms with Gasteiger partial charge in [0.15, 0.2) is 11.6 Å². The van der Waals surface area contributed by atoms with Crippen LogP contribution in [0.3, 0.4) is 0 Å². The van der Waals surface area contributed by atoms with Gasteiger partial charge in [-0.15, -0.1) is 0 Å². The van der Waals surface area contributed by atoms with Gasteiger partial charge >= 0.3 is 0 Å². The molecule has 2 N–H and O–H groups in total. The van der Waals surface area contributed by atoms with Gasteiger partial charge in [0.1, 0.15) is 17.4 Å². The Morgan fingerprint density at radius 2 is 1.84 bits per heavy atom. The summed E-state index contributed by atoms with van der Waals surface area (Å²) in [5.74, 6) is -0.937. The first kappa shape index (κ1) is 13.4. The molecule has 0 fully saturated rings. The van der Waals surface area contributed by atoms with Crippen molar-refractivity contribution < 1.29 is 13.5 Å². The van der Waals surface area contributed by atoms with Crippen molar-refractivity contribution in [2.75, 3.05) is 0 Å². The SMILES string of the molecule is NC(=S)c1ccc(OCc2ccccc2F)c(F)c1. The molecular weight excluding hydrogens is 268 g/mol. The molecule has 2 aromatic carbocycles. The van der Waals surface area contributed by atoms with E-state index in [0.29, 0.717) is 11.1 Å². The van der Waals surface area contributed by atoms with Crippen LogP contribution in [0.2, 0.25) is 0 Å². The monoisotopic (exact) mass is 279 g/mol. The number of ether oxygens (including phenoxy) is 1. The van der Waals surface area contributed by atoms with E-state index in [1.54, 1.807) is 24.3 Å². The Labute approximate surface area is 114 Å². The minimum absolute atomic E-state index is 0.0308. The number of thiocarbonyl (C=S) groups is 1. The molecule has 0 amide bonds. The molecule has 98 valence electrons. The van der Waals surface area contributed by atoms with Gasteiger partial charge in [0.2, 0.25) is 0 Å². The molecule has 0 atom stereocenters. The predicted molar refractivity (Wildman–Crippen MR) is 73.0 cm³/mol. The smallest absolute Gasteiger partial charge is 0.165 e. The van der Waals surface area contributed by atoms with Crippen molar-refractivity contribution in [2.24, 2.45) is 5.73 Å². The second-order valence-electron chi connectivity index (χ2n) is 3.89. The molecule has 2 nitrogen and oxygen atoms in total. The van der Waals surface area contributed by atoms with E-state index in [1.807, 2.05) is 0 Å². The van der Waals surface area contributed by atoms with Crippen LogP contribution in [-0.2, 0) is 6.61 Å². The molecule has 0 saturated carbocycles. The third-order valence-electron chi connectivity index (χ3n) is 2.56. The van der Waals surface area contributed by atoms with Crippen molar-refractivity contribution in [1.29, 1.82) is 0 Å². The van der Waals surface area contributed by atoms with Crippen LogP contribution < -0.4 is 10.5 Å². The van der Waals surface area contributed by atoms with Crippen LogP contribution in [-0.4, -0.2) is 4.99 Å². The van der Waals surface area contributed by atoms with E-state index in [2.05, 4.69) is 0 Å². The van der Waals surface area contributed by atoms with Crippen molar-refractivity contribution in [3.63, 3.8) is 0 Å². The van der Waals surface area contributed by atoms with Gasteiger partial charge in [-0.25, -0.2) is 8.78 Å². The van der Waals surface area contributed by atoms with Gasteiger partial charge in [0.25, 0.3) is 0 Å². The summed E-state index contributed by atoms with van der Waals surface area (Å²) in [7, 11) is 0. The molecular formula is C14H11F2NOS. The highest BCUT2D eigenvalue weighted by atomic mass is 32.1. The van der Waals surface area contributed by atoms with Crippen LogP contribution in [0.25, 0.3) is 0 Å². The molecule has 0 aliphatic carbocycles. The second-order valence-corrected chi connectivity index (χ2v) is 4.33. The lowest BCUT2D eigenvalue weighted by atomic mass is 10.2. The zero-order chi connectivity index (χ0) is 13.8. The normalized spacial score (nSPS) is 10.2. The molecule has 0 radical (unpaired) electrons. The number of hydrogen-bond donors (Lipinski definition) is 1. The molecule has 2 rings (SSSR count). The minimum Gasteiger partial charge on any atom is -0.486 e. The number of halogens is 2. The molecule has 0 heterocycles. The topological polar surface area (TPSA) is 35.2 Å². The number of benzene rings is 2. The fourth-order valence-corrected chi connectivity index (χ4v) is 1.67. The fraction of sp³-hybridized carbons (Fsp3) is 0.0714. The maximum Gasteiger partial charge on any atom is 0.165 e. The van der Waals surface area contributed by atoms with Gasteiger partial charge in [-0.3, -0.25) is 0 Å². The van der Waals surface area contributed by atoms with Crippen molar-refractivity contribution in [1.82, 2.24) is 0 Å². The number of nitrogens with two attached hydrogens (primary N) is 1. The van der Waals surface area contributed by atoms with Gasteiger partial charge in [-0.05, 0) is 24.3 Å². The average molecular weight is 279 g/mol. The van der Waals surface area contributed by atoms with Gasteiger partial charge in [-0.1, -0.05) is 30.4 Å². The maximum absolute atomic E-state index is 13.7. The lowest BCUT2D eigenvalue weighted by Gasteiger charge is -2.09. The summed E-state index contributed by atoms with van der Waals surface area (Å²) in [4.78, 5) is 0.111. The Hall–Kier alpha value is -2.01. The predicted octanol–water partition coefficient (Wildman–Crippen LogP) is 3.18. The summed E-state index contributed by atoms with van der Waals surface area (Å²) in [6, 6.07) is 10.3. The standard InChI is InChI=1S/C14H11F2NOS/c15-11-4-2-1-3-10(11)8-18-13-6-5-9(14(17)19)7-12(13)16/h1-7H,8H2,(H2,17,19). The zero-order valence-corrected chi connectivity index (χ0v) is 10.7. The van der Waals surface area contributed by atoms with Crippen molar-refractivity contribution >= 4 is 17.2 Å². The van der Waals surface area contributed by atoms with E-state index in [1.165, 1.54) is 18.2 Å². The van der Waals surface area contributed by atoms with Crippen LogP contribution in [0.15, 0.2) is 42.5 Å². The van der Waals surface area contributed by atoms with Crippen LogP contribution in [0.4, 0.5) is 8.78 Å². The Morgan fingerprint density at radius 1 is 1.11 bits per heavy atom. The van der Waals surface area contributed by atoms with E-state index < -0.39 is 5.82 Å². The van der Waals surface area contributed by atoms with E-state index in [9.17, 15) is 8.78 Å². The highest BCUT2D eigenvalue weighted by molar-refractivity contribution is 7.80. The Kier molecular flexibility index (Phi) is 4.06. The van der Waals surface area contributed by atoms with Gasteiger partial charge in [0.05, 0.1) is 0 Å². The second kappa shape index (κ2) is 5.75. The minimum atomic E-state index is -0.582. The molecule has 0 aliphatic rings. The molecule has 0 saturated heterocycles. The summed E-state index contributed by atoms with van der Waals surface area (Å²) in [6.45, 7) is -0.0456. The van der Waals surface area contributed by atoms with E-state index in [-0.39, 0.29) is 23.2 Å². The lowest BCUT2D eigenvalue weighted by molar-refractivity contribution is 0.285. The van der Waals surface area contributed by atoms with E-state index in [4.69, 9.17) is 22.7 Å². The molecule has 0 bridgehead atoms. The molecule has 5 heteroatoms. The third-order valence-corrected chi connectivity index (χ3v) is 2.79. The maximum atomic E-state index is 13.7. The summed E-state index contributed by atoms with van der Waals surface area (Å²) in [5, 5.41) is 0.